The zero-order chi connectivity index (χ0) is 11.8. The van der Waals surface area contributed by atoms with Crippen LogP contribution in [0.25, 0.3) is 0 Å². The molecule has 0 saturated carbocycles. The number of nitrogens with zero attached hydrogens (tertiary/aromatic N) is 1. The quantitative estimate of drug-likeness (QED) is 0.739. The first-order valence-electron chi connectivity index (χ1n) is 5.50. The van der Waals surface area contributed by atoms with E-state index in [9.17, 15) is 0 Å². The Morgan fingerprint density at radius 1 is 1.06 bits per heavy atom. The van der Waals surface area contributed by atoms with Crippen LogP contribution in [0.1, 0.15) is 10.9 Å². The van der Waals surface area contributed by atoms with Crippen LogP contribution < -0.4 is 4.90 Å². The molecule has 1 heterocycles. The lowest BCUT2D eigenvalue weighted by Gasteiger charge is -2.21. The maximum absolute atomic E-state index is 5.92. The summed E-state index contributed by atoms with van der Waals surface area (Å²) in [4.78, 5) is 3.65. The van der Waals surface area contributed by atoms with Gasteiger partial charge in [-0.3, -0.25) is 0 Å². The van der Waals surface area contributed by atoms with Crippen LogP contribution in [0.15, 0.2) is 53.4 Å². The number of hydrogen-bond acceptors (Lipinski definition) is 2. The van der Waals surface area contributed by atoms with E-state index in [0.717, 1.165) is 5.02 Å². The molecule has 17 heavy (non-hydrogen) atoms. The minimum Gasteiger partial charge on any atom is -0.357 e. The summed E-state index contributed by atoms with van der Waals surface area (Å²) in [5, 5.41) is 1.14. The largest absolute Gasteiger partial charge is 0.357 e. The molecule has 1 atom stereocenters. The van der Waals surface area contributed by atoms with Crippen molar-refractivity contribution in [2.75, 3.05) is 11.9 Å². The van der Waals surface area contributed by atoms with Gasteiger partial charge in [-0.1, -0.05) is 47.6 Å². The summed E-state index contributed by atoms with van der Waals surface area (Å²) in [6.07, 6.45) is 0. The van der Waals surface area contributed by atoms with Gasteiger partial charge in [0.25, 0.3) is 0 Å². The first-order chi connectivity index (χ1) is 8.25. The van der Waals surface area contributed by atoms with Crippen molar-refractivity contribution in [3.05, 3.63) is 59.1 Å². The molecule has 0 spiro atoms. The molecule has 1 unspecified atom stereocenters. The van der Waals surface area contributed by atoms with E-state index in [1.165, 1.54) is 16.1 Å². The number of anilines is 1. The number of benzene rings is 2. The Morgan fingerprint density at radius 2 is 1.76 bits per heavy atom. The van der Waals surface area contributed by atoms with Gasteiger partial charge in [-0.25, -0.2) is 0 Å². The predicted octanol–water partition coefficient (Wildman–Crippen LogP) is 4.58. The van der Waals surface area contributed by atoms with Crippen molar-refractivity contribution in [3.8, 4) is 0 Å². The zero-order valence-corrected chi connectivity index (χ0v) is 11.0. The fraction of sp³-hybridized carbons (Fsp3) is 0.143. The number of rotatable bonds is 1. The second kappa shape index (κ2) is 4.28. The SMILES string of the molecule is CN1c2ccccc2SC1c1ccc(Cl)cc1. The van der Waals surface area contributed by atoms with Crippen molar-refractivity contribution in [2.24, 2.45) is 0 Å². The summed E-state index contributed by atoms with van der Waals surface area (Å²) in [6.45, 7) is 0. The summed E-state index contributed by atoms with van der Waals surface area (Å²) >= 11 is 7.81. The van der Waals surface area contributed by atoms with Gasteiger partial charge < -0.3 is 4.90 Å². The maximum Gasteiger partial charge on any atom is 0.105 e. The van der Waals surface area contributed by atoms with E-state index < -0.39 is 0 Å². The van der Waals surface area contributed by atoms with Crippen molar-refractivity contribution in [3.63, 3.8) is 0 Å². The highest BCUT2D eigenvalue weighted by molar-refractivity contribution is 8.00. The van der Waals surface area contributed by atoms with E-state index in [4.69, 9.17) is 11.6 Å². The lowest BCUT2D eigenvalue weighted by molar-refractivity contribution is 0.913. The molecule has 1 aliphatic rings. The second-order valence-corrected chi connectivity index (χ2v) is 5.66. The van der Waals surface area contributed by atoms with Crippen LogP contribution >= 0.6 is 23.4 Å². The number of halogens is 1. The molecule has 2 aromatic carbocycles. The monoisotopic (exact) mass is 261 g/mol. The lowest BCUT2D eigenvalue weighted by Crippen LogP contribution is -2.16. The number of hydrogen-bond donors (Lipinski definition) is 0. The third kappa shape index (κ3) is 1.92. The Kier molecular flexibility index (Phi) is 2.77. The first-order valence-corrected chi connectivity index (χ1v) is 6.75. The van der Waals surface area contributed by atoms with E-state index >= 15 is 0 Å². The molecule has 0 saturated heterocycles. The minimum atomic E-state index is 0.352. The van der Waals surface area contributed by atoms with Gasteiger partial charge >= 0.3 is 0 Å². The summed E-state index contributed by atoms with van der Waals surface area (Å²) in [6, 6.07) is 16.6. The fourth-order valence-corrected chi connectivity index (χ4v) is 3.51. The lowest BCUT2D eigenvalue weighted by atomic mass is 10.2. The molecular formula is C14H12ClNS. The van der Waals surface area contributed by atoms with E-state index in [1.54, 1.807) is 0 Å². The van der Waals surface area contributed by atoms with Gasteiger partial charge in [-0.15, -0.1) is 0 Å². The van der Waals surface area contributed by atoms with Crippen LogP contribution in [0.5, 0.6) is 0 Å². The minimum absolute atomic E-state index is 0.352. The number of para-hydroxylation sites is 1. The van der Waals surface area contributed by atoms with E-state index in [0.29, 0.717) is 5.37 Å². The van der Waals surface area contributed by atoms with Crippen molar-refractivity contribution >= 4 is 29.1 Å². The summed E-state index contributed by atoms with van der Waals surface area (Å²) in [5.41, 5.74) is 2.59. The van der Waals surface area contributed by atoms with Gasteiger partial charge in [0, 0.05) is 17.0 Å². The Labute approximate surface area is 110 Å². The van der Waals surface area contributed by atoms with Crippen LogP contribution in [0, 0.1) is 0 Å². The first kappa shape index (κ1) is 11.0. The molecule has 1 nitrogen and oxygen atoms in total. The standard InChI is InChI=1S/C14H12ClNS/c1-16-12-4-2-3-5-13(12)17-14(16)10-6-8-11(15)9-7-10/h2-9,14H,1H3. The highest BCUT2D eigenvalue weighted by Crippen LogP contribution is 2.50. The van der Waals surface area contributed by atoms with Gasteiger partial charge in [0.15, 0.2) is 0 Å². The Balaban J connectivity index is 1.96. The van der Waals surface area contributed by atoms with Crippen molar-refractivity contribution in [2.45, 2.75) is 10.3 Å². The van der Waals surface area contributed by atoms with Gasteiger partial charge in [-0.05, 0) is 29.8 Å². The third-order valence-electron chi connectivity index (χ3n) is 2.99. The molecule has 3 rings (SSSR count). The molecule has 1 aliphatic heterocycles. The van der Waals surface area contributed by atoms with Crippen molar-refractivity contribution in [1.82, 2.24) is 0 Å². The molecular weight excluding hydrogens is 250 g/mol. The van der Waals surface area contributed by atoms with Gasteiger partial charge in [0.05, 0.1) is 5.69 Å². The second-order valence-electron chi connectivity index (χ2n) is 4.10. The van der Waals surface area contributed by atoms with E-state index in [2.05, 4.69) is 48.3 Å². The summed E-state index contributed by atoms with van der Waals surface area (Å²) in [7, 11) is 2.14. The van der Waals surface area contributed by atoms with Gasteiger partial charge in [0.1, 0.15) is 5.37 Å². The molecule has 0 fully saturated rings. The molecule has 86 valence electrons. The molecule has 0 N–H and O–H groups in total. The molecule has 0 radical (unpaired) electrons. The van der Waals surface area contributed by atoms with Crippen LogP contribution in [-0.2, 0) is 0 Å². The Hall–Kier alpha value is -1.12. The summed E-state index contributed by atoms with van der Waals surface area (Å²) < 4.78 is 0. The molecule has 0 bridgehead atoms. The molecule has 0 amide bonds. The van der Waals surface area contributed by atoms with E-state index in [1.807, 2.05) is 23.9 Å². The molecule has 3 heteroatoms. The van der Waals surface area contributed by atoms with E-state index in [-0.39, 0.29) is 0 Å². The summed E-state index contributed by atoms with van der Waals surface area (Å²) in [5.74, 6) is 0. The van der Waals surface area contributed by atoms with Gasteiger partial charge in [-0.2, -0.15) is 0 Å². The maximum atomic E-state index is 5.92. The smallest absolute Gasteiger partial charge is 0.105 e. The van der Waals surface area contributed by atoms with Crippen molar-refractivity contribution < 1.29 is 0 Å². The van der Waals surface area contributed by atoms with Crippen LogP contribution in [0.3, 0.4) is 0 Å². The Morgan fingerprint density at radius 3 is 2.47 bits per heavy atom. The number of thioether (sulfide) groups is 1. The van der Waals surface area contributed by atoms with Gasteiger partial charge in [0.2, 0.25) is 0 Å². The van der Waals surface area contributed by atoms with Crippen LogP contribution in [0.2, 0.25) is 5.02 Å². The zero-order valence-electron chi connectivity index (χ0n) is 9.43. The molecule has 0 aliphatic carbocycles. The molecule has 2 aromatic rings. The van der Waals surface area contributed by atoms with Crippen LogP contribution in [0.4, 0.5) is 5.69 Å². The average molecular weight is 262 g/mol. The van der Waals surface area contributed by atoms with Crippen LogP contribution in [-0.4, -0.2) is 7.05 Å². The predicted molar refractivity (Wildman–Crippen MR) is 74.9 cm³/mol. The highest BCUT2D eigenvalue weighted by atomic mass is 35.5. The number of fused-ring (bicyclic) bond motifs is 1. The van der Waals surface area contributed by atoms with Crippen molar-refractivity contribution in [1.29, 1.82) is 0 Å². The Bertz CT molecular complexity index is 538. The topological polar surface area (TPSA) is 3.24 Å². The fourth-order valence-electron chi connectivity index (χ4n) is 2.09. The highest BCUT2D eigenvalue weighted by Gasteiger charge is 2.27. The molecule has 0 aromatic heterocycles. The normalized spacial score (nSPS) is 18.2. The average Bonchev–Trinajstić information content (AvgIpc) is 2.69. The third-order valence-corrected chi connectivity index (χ3v) is 4.65.